The van der Waals surface area contributed by atoms with Crippen molar-refractivity contribution < 1.29 is 9.26 Å². The zero-order valence-electron chi connectivity index (χ0n) is 12.9. The first kappa shape index (κ1) is 15.4. The van der Waals surface area contributed by atoms with E-state index in [0.717, 1.165) is 12.8 Å². The summed E-state index contributed by atoms with van der Waals surface area (Å²) in [5, 5.41) is 4.13. The minimum Gasteiger partial charge on any atom is -0.373 e. The fourth-order valence-corrected chi connectivity index (χ4v) is 3.05. The van der Waals surface area contributed by atoms with Gasteiger partial charge in [-0.25, -0.2) is 0 Å². The van der Waals surface area contributed by atoms with Crippen LogP contribution in [0.15, 0.2) is 4.52 Å². The molecule has 1 heterocycles. The lowest BCUT2D eigenvalue weighted by Crippen LogP contribution is -2.35. The minimum atomic E-state index is -0.518. The molecule has 0 radical (unpaired) electrons. The molecule has 1 aliphatic rings. The molecule has 1 unspecified atom stereocenters. The summed E-state index contributed by atoms with van der Waals surface area (Å²) in [6, 6.07) is 0. The van der Waals surface area contributed by atoms with E-state index in [9.17, 15) is 0 Å². The van der Waals surface area contributed by atoms with E-state index in [-0.39, 0.29) is 6.10 Å². The molecule has 20 heavy (non-hydrogen) atoms. The van der Waals surface area contributed by atoms with Gasteiger partial charge < -0.3 is 15.0 Å². The average Bonchev–Trinajstić information content (AvgIpc) is 2.98. The first-order valence-corrected chi connectivity index (χ1v) is 7.80. The number of rotatable bonds is 6. The Bertz CT molecular complexity index is 409. The Morgan fingerprint density at radius 2 is 1.95 bits per heavy atom. The summed E-state index contributed by atoms with van der Waals surface area (Å²) < 4.78 is 11.1. The molecule has 1 aliphatic carbocycles. The van der Waals surface area contributed by atoms with E-state index in [1.54, 1.807) is 7.11 Å². The normalized spacial score (nSPS) is 19.2. The topological polar surface area (TPSA) is 74.2 Å². The summed E-state index contributed by atoms with van der Waals surface area (Å²) in [5.74, 6) is 1.69. The maximum absolute atomic E-state index is 6.31. The third-order valence-electron chi connectivity index (χ3n) is 4.72. The van der Waals surface area contributed by atoms with Crippen LogP contribution in [0, 0.1) is 5.92 Å². The third-order valence-corrected chi connectivity index (χ3v) is 4.72. The number of ether oxygens (including phenoxy) is 1. The summed E-state index contributed by atoms with van der Waals surface area (Å²) in [6.07, 6.45) is 7.71. The molecular weight excluding hydrogens is 254 g/mol. The summed E-state index contributed by atoms with van der Waals surface area (Å²) in [4.78, 5) is 4.54. The van der Waals surface area contributed by atoms with E-state index in [1.165, 1.54) is 32.1 Å². The van der Waals surface area contributed by atoms with Crippen LogP contribution in [0.25, 0.3) is 0 Å². The fraction of sp³-hybridized carbons (Fsp3) is 0.867. The molecule has 1 aromatic rings. The molecule has 5 heteroatoms. The van der Waals surface area contributed by atoms with E-state index >= 15 is 0 Å². The van der Waals surface area contributed by atoms with E-state index in [2.05, 4.69) is 10.1 Å². The van der Waals surface area contributed by atoms with Crippen LogP contribution in [0.3, 0.4) is 0 Å². The molecule has 0 amide bonds. The van der Waals surface area contributed by atoms with Gasteiger partial charge in [-0.15, -0.1) is 0 Å². The minimum absolute atomic E-state index is 0.0641. The molecule has 5 nitrogen and oxygen atoms in total. The Hall–Kier alpha value is -0.940. The van der Waals surface area contributed by atoms with Crippen LogP contribution < -0.4 is 5.73 Å². The summed E-state index contributed by atoms with van der Waals surface area (Å²) in [5.41, 5.74) is 5.80. The predicted molar refractivity (Wildman–Crippen MR) is 77.1 cm³/mol. The van der Waals surface area contributed by atoms with Crippen molar-refractivity contribution in [2.45, 2.75) is 70.4 Å². The van der Waals surface area contributed by atoms with Crippen LogP contribution in [0.5, 0.6) is 0 Å². The molecule has 0 aromatic carbocycles. The summed E-state index contributed by atoms with van der Waals surface area (Å²) in [7, 11) is 1.73. The largest absolute Gasteiger partial charge is 0.373 e. The van der Waals surface area contributed by atoms with Gasteiger partial charge in [0.1, 0.15) is 6.10 Å². The molecule has 0 spiro atoms. The van der Waals surface area contributed by atoms with Gasteiger partial charge in [-0.3, -0.25) is 0 Å². The van der Waals surface area contributed by atoms with Crippen molar-refractivity contribution in [3.63, 3.8) is 0 Å². The van der Waals surface area contributed by atoms with Gasteiger partial charge in [0, 0.05) is 7.11 Å². The Morgan fingerprint density at radius 3 is 2.50 bits per heavy atom. The maximum atomic E-state index is 6.31. The van der Waals surface area contributed by atoms with Crippen molar-refractivity contribution in [1.82, 2.24) is 10.1 Å². The zero-order valence-corrected chi connectivity index (χ0v) is 12.9. The number of hydrogen-bond donors (Lipinski definition) is 1. The molecule has 1 atom stereocenters. The van der Waals surface area contributed by atoms with Gasteiger partial charge in [0.05, 0.1) is 5.54 Å². The molecular formula is C15H27N3O2. The molecule has 0 saturated heterocycles. The maximum Gasteiger partial charge on any atom is 0.246 e. The SMILES string of the molecule is CCC(N)(CC)c1nc(C(OC)C2CCCCC2)no1. The predicted octanol–water partition coefficient (Wildman–Crippen LogP) is 3.31. The second-order valence-corrected chi connectivity index (χ2v) is 5.88. The van der Waals surface area contributed by atoms with Crippen LogP contribution in [0.2, 0.25) is 0 Å². The van der Waals surface area contributed by atoms with Crippen LogP contribution in [-0.4, -0.2) is 17.3 Å². The van der Waals surface area contributed by atoms with E-state index in [0.29, 0.717) is 17.6 Å². The van der Waals surface area contributed by atoms with Crippen LogP contribution in [0.1, 0.15) is 76.6 Å². The molecule has 2 rings (SSSR count). The highest BCUT2D eigenvalue weighted by Crippen LogP contribution is 2.36. The number of aromatic nitrogens is 2. The standard InChI is InChI=1S/C15H27N3O2/c1-4-15(16,5-2)14-17-13(18-20-14)12(19-3)11-9-7-6-8-10-11/h11-12H,4-10,16H2,1-3H3. The van der Waals surface area contributed by atoms with Crippen LogP contribution >= 0.6 is 0 Å². The van der Waals surface area contributed by atoms with Crippen molar-refractivity contribution >= 4 is 0 Å². The number of nitrogens with zero attached hydrogens (tertiary/aromatic N) is 2. The second kappa shape index (κ2) is 6.68. The Labute approximate surface area is 121 Å². The van der Waals surface area contributed by atoms with Crippen molar-refractivity contribution in [2.75, 3.05) is 7.11 Å². The molecule has 1 aromatic heterocycles. The summed E-state index contributed by atoms with van der Waals surface area (Å²) >= 11 is 0. The molecule has 1 fully saturated rings. The average molecular weight is 281 g/mol. The lowest BCUT2D eigenvalue weighted by Gasteiger charge is -2.27. The van der Waals surface area contributed by atoms with Crippen LogP contribution in [-0.2, 0) is 10.3 Å². The number of methoxy groups -OCH3 is 1. The van der Waals surface area contributed by atoms with Gasteiger partial charge in [0.2, 0.25) is 11.7 Å². The quantitative estimate of drug-likeness (QED) is 0.865. The molecule has 114 valence electrons. The lowest BCUT2D eigenvalue weighted by molar-refractivity contribution is 0.0273. The fourth-order valence-electron chi connectivity index (χ4n) is 3.05. The smallest absolute Gasteiger partial charge is 0.246 e. The summed E-state index contributed by atoms with van der Waals surface area (Å²) in [6.45, 7) is 4.09. The Balaban J connectivity index is 2.17. The van der Waals surface area contributed by atoms with Gasteiger partial charge in [-0.1, -0.05) is 38.3 Å². The van der Waals surface area contributed by atoms with E-state index in [1.807, 2.05) is 13.8 Å². The van der Waals surface area contributed by atoms with E-state index < -0.39 is 5.54 Å². The first-order valence-electron chi connectivity index (χ1n) is 7.80. The molecule has 1 saturated carbocycles. The van der Waals surface area contributed by atoms with Crippen molar-refractivity contribution in [2.24, 2.45) is 11.7 Å². The zero-order chi connectivity index (χ0) is 14.6. The highest BCUT2D eigenvalue weighted by molar-refractivity contribution is 5.03. The Morgan fingerprint density at radius 1 is 1.30 bits per heavy atom. The van der Waals surface area contributed by atoms with Crippen molar-refractivity contribution in [3.05, 3.63) is 11.7 Å². The second-order valence-electron chi connectivity index (χ2n) is 5.88. The van der Waals surface area contributed by atoms with E-state index in [4.69, 9.17) is 15.0 Å². The number of nitrogens with two attached hydrogens (primary N) is 1. The number of hydrogen-bond acceptors (Lipinski definition) is 5. The van der Waals surface area contributed by atoms with Gasteiger partial charge in [-0.2, -0.15) is 4.98 Å². The first-order chi connectivity index (χ1) is 9.64. The third kappa shape index (κ3) is 3.04. The monoisotopic (exact) mass is 281 g/mol. The highest BCUT2D eigenvalue weighted by Gasteiger charge is 2.34. The van der Waals surface area contributed by atoms with Gasteiger partial charge in [0.15, 0.2) is 0 Å². The Kier molecular flexibility index (Phi) is 5.16. The molecule has 0 aliphatic heterocycles. The molecule has 0 bridgehead atoms. The molecule has 2 N–H and O–H groups in total. The van der Waals surface area contributed by atoms with Gasteiger partial charge in [-0.05, 0) is 31.6 Å². The van der Waals surface area contributed by atoms with Crippen LogP contribution in [0.4, 0.5) is 0 Å². The van der Waals surface area contributed by atoms with Crippen molar-refractivity contribution in [3.8, 4) is 0 Å². The van der Waals surface area contributed by atoms with Gasteiger partial charge in [0.25, 0.3) is 0 Å². The highest BCUT2D eigenvalue weighted by atomic mass is 16.5. The lowest BCUT2D eigenvalue weighted by atomic mass is 9.85. The van der Waals surface area contributed by atoms with Gasteiger partial charge >= 0.3 is 0 Å². The van der Waals surface area contributed by atoms with Crippen molar-refractivity contribution in [1.29, 1.82) is 0 Å².